The molecule has 0 spiro atoms. The van der Waals surface area contributed by atoms with Crippen molar-refractivity contribution in [1.29, 1.82) is 0 Å². The molecule has 3 heterocycles. The number of para-hydroxylation sites is 2. The Bertz CT molecular complexity index is 3740. The molecule has 0 unspecified atom stereocenters. The maximum Gasteiger partial charge on any atom is 0.167 e. The number of aromatic nitrogens is 5. The summed E-state index contributed by atoms with van der Waals surface area (Å²) in [5.74, 6) is 2.34. The van der Waals surface area contributed by atoms with Crippen LogP contribution in [0.25, 0.3) is 123 Å². The van der Waals surface area contributed by atoms with Crippen molar-refractivity contribution in [2.24, 2.45) is 0 Å². The average molecular weight is 858 g/mol. The molecule has 6 nitrogen and oxygen atoms in total. The first-order valence-electron chi connectivity index (χ1n) is 22.3. The second kappa shape index (κ2) is 17.1. The molecule has 0 amide bonds. The number of nitrogens with zero attached hydrogens (tertiary/aromatic N) is 5. The van der Waals surface area contributed by atoms with Gasteiger partial charge < -0.3 is 4.42 Å². The number of hydrogen-bond acceptors (Lipinski definition) is 6. The minimum Gasteiger partial charge on any atom is -0.455 e. The Morgan fingerprint density at radius 3 is 1.13 bits per heavy atom. The van der Waals surface area contributed by atoms with Crippen molar-refractivity contribution in [2.45, 2.75) is 0 Å². The maximum absolute atomic E-state index is 6.82. The van der Waals surface area contributed by atoms with E-state index in [9.17, 15) is 0 Å². The van der Waals surface area contributed by atoms with Gasteiger partial charge in [0.2, 0.25) is 0 Å². The molecule has 12 rings (SSSR count). The average Bonchev–Trinajstić information content (AvgIpc) is 3.81. The summed E-state index contributed by atoms with van der Waals surface area (Å²) in [6, 6.07) is 81.0. The molecule has 9 aromatic carbocycles. The van der Waals surface area contributed by atoms with Crippen LogP contribution in [0.3, 0.4) is 0 Å². The summed E-state index contributed by atoms with van der Waals surface area (Å²) < 4.78 is 6.82. The van der Waals surface area contributed by atoms with Gasteiger partial charge in [-0.2, -0.15) is 0 Å². The lowest BCUT2D eigenvalue weighted by molar-refractivity contribution is 0.670. The lowest BCUT2D eigenvalue weighted by Crippen LogP contribution is -2.00. The van der Waals surface area contributed by atoms with E-state index in [2.05, 4.69) is 152 Å². The van der Waals surface area contributed by atoms with Gasteiger partial charge in [0.15, 0.2) is 23.3 Å². The van der Waals surface area contributed by atoms with Crippen molar-refractivity contribution in [3.8, 4) is 101 Å². The highest BCUT2D eigenvalue weighted by Crippen LogP contribution is 2.40. The second-order valence-corrected chi connectivity index (χ2v) is 16.4. The van der Waals surface area contributed by atoms with Crippen molar-refractivity contribution < 1.29 is 4.42 Å². The number of benzene rings is 9. The molecule has 0 bridgehead atoms. The number of hydrogen-bond donors (Lipinski definition) is 0. The molecule has 0 fully saturated rings. The van der Waals surface area contributed by atoms with Crippen LogP contribution >= 0.6 is 0 Å². The molecule has 0 saturated carbocycles. The van der Waals surface area contributed by atoms with Gasteiger partial charge in [-0.1, -0.05) is 206 Å². The Morgan fingerprint density at radius 2 is 0.582 bits per heavy atom. The van der Waals surface area contributed by atoms with Crippen LogP contribution in [0.4, 0.5) is 0 Å². The Balaban J connectivity index is 0.953. The normalized spacial score (nSPS) is 11.3. The first-order valence-corrected chi connectivity index (χ1v) is 22.3. The summed E-state index contributed by atoms with van der Waals surface area (Å²) in [5.41, 5.74) is 15.2. The van der Waals surface area contributed by atoms with E-state index in [1.54, 1.807) is 0 Å². The van der Waals surface area contributed by atoms with E-state index in [1.165, 1.54) is 0 Å². The molecule has 0 atom stereocenters. The summed E-state index contributed by atoms with van der Waals surface area (Å²) in [6.07, 6.45) is 0. The molecule has 0 radical (unpaired) electrons. The minimum atomic E-state index is 0.533. The van der Waals surface area contributed by atoms with Gasteiger partial charge in [-0.05, 0) is 58.1 Å². The fourth-order valence-corrected chi connectivity index (χ4v) is 8.83. The summed E-state index contributed by atoms with van der Waals surface area (Å²) in [5, 5.41) is 2.04. The molecule has 314 valence electrons. The van der Waals surface area contributed by atoms with Gasteiger partial charge in [-0.15, -0.1) is 0 Å². The van der Waals surface area contributed by atoms with Crippen LogP contribution in [0.5, 0.6) is 0 Å². The predicted octanol–water partition coefficient (Wildman–Crippen LogP) is 15.6. The lowest BCUT2D eigenvalue weighted by atomic mass is 9.98. The molecule has 0 aliphatic carbocycles. The van der Waals surface area contributed by atoms with E-state index in [0.717, 1.165) is 100 Å². The smallest absolute Gasteiger partial charge is 0.167 e. The molecule has 0 aliphatic rings. The third-order valence-electron chi connectivity index (χ3n) is 12.2. The van der Waals surface area contributed by atoms with Gasteiger partial charge >= 0.3 is 0 Å². The van der Waals surface area contributed by atoms with Gasteiger partial charge in [0.1, 0.15) is 11.2 Å². The SMILES string of the molecule is c1ccc(-c2cccc(-c3cc(-c4cccc(-c5cccc(-c6nc(-c7ccccc7)nc(-c7cccc8c7oc7c(-c9ccccc9)cccc78)n6)c5)c4)nc(-c4ccccc4)n3)c2)cc1. The number of furan rings is 1. The molecule has 3 aromatic heterocycles. The third-order valence-corrected chi connectivity index (χ3v) is 12.2. The van der Waals surface area contributed by atoms with E-state index in [1.807, 2.05) is 84.9 Å². The molecule has 0 N–H and O–H groups in total. The summed E-state index contributed by atoms with van der Waals surface area (Å²) in [4.78, 5) is 25.7. The Morgan fingerprint density at radius 1 is 0.224 bits per heavy atom. The Kier molecular flexibility index (Phi) is 10.1. The zero-order valence-electron chi connectivity index (χ0n) is 36.2. The summed E-state index contributed by atoms with van der Waals surface area (Å²) in [6.45, 7) is 0. The maximum atomic E-state index is 6.82. The van der Waals surface area contributed by atoms with Crippen molar-refractivity contribution in [1.82, 2.24) is 24.9 Å². The van der Waals surface area contributed by atoms with Gasteiger partial charge in [0.05, 0.1) is 17.0 Å². The molecule has 0 saturated heterocycles. The van der Waals surface area contributed by atoms with Crippen LogP contribution in [0.2, 0.25) is 0 Å². The standard InChI is InChI=1S/C61H39N5O/c1-5-18-40(19-6-1)44-26-13-29-47(36-44)54-39-55(63-58(62-54)42-22-9-3-10-23-42)48-30-14-27-45(37-48)46-28-15-31-49(38-46)60-64-59(43-24-11-4-12-25-43)65-61(66-60)53-35-17-34-52-51-33-16-32-50(56(51)67-57(52)53)41-20-7-2-8-21-41/h1-39H. The van der Waals surface area contributed by atoms with Crippen LogP contribution < -0.4 is 0 Å². The highest BCUT2D eigenvalue weighted by atomic mass is 16.3. The molecule has 67 heavy (non-hydrogen) atoms. The largest absolute Gasteiger partial charge is 0.455 e. The van der Waals surface area contributed by atoms with E-state index in [0.29, 0.717) is 23.3 Å². The predicted molar refractivity (Wildman–Crippen MR) is 272 cm³/mol. The zero-order valence-corrected chi connectivity index (χ0v) is 36.2. The van der Waals surface area contributed by atoms with Gasteiger partial charge in [-0.3, -0.25) is 0 Å². The minimum absolute atomic E-state index is 0.533. The number of rotatable bonds is 9. The summed E-state index contributed by atoms with van der Waals surface area (Å²) in [7, 11) is 0. The fourth-order valence-electron chi connectivity index (χ4n) is 8.83. The van der Waals surface area contributed by atoms with Crippen molar-refractivity contribution in [2.75, 3.05) is 0 Å². The first kappa shape index (κ1) is 39.5. The quantitative estimate of drug-likeness (QED) is 0.144. The topological polar surface area (TPSA) is 77.6 Å². The first-order chi connectivity index (χ1) is 33.2. The molecule has 12 aromatic rings. The van der Waals surface area contributed by atoms with E-state index >= 15 is 0 Å². The van der Waals surface area contributed by atoms with E-state index in [4.69, 9.17) is 29.3 Å². The highest BCUT2D eigenvalue weighted by Gasteiger charge is 2.20. The van der Waals surface area contributed by atoms with Crippen molar-refractivity contribution >= 4 is 21.9 Å². The third kappa shape index (κ3) is 7.73. The second-order valence-electron chi connectivity index (χ2n) is 16.4. The molecular weight excluding hydrogens is 819 g/mol. The van der Waals surface area contributed by atoms with Crippen LogP contribution in [-0.4, -0.2) is 24.9 Å². The molecular formula is C61H39N5O. The fraction of sp³-hybridized carbons (Fsp3) is 0. The van der Waals surface area contributed by atoms with E-state index in [-0.39, 0.29) is 0 Å². The van der Waals surface area contributed by atoms with Crippen molar-refractivity contribution in [3.63, 3.8) is 0 Å². The molecule has 6 heteroatoms. The Labute approximate surface area is 387 Å². The lowest BCUT2D eigenvalue weighted by Gasteiger charge is -2.12. The summed E-state index contributed by atoms with van der Waals surface area (Å²) >= 11 is 0. The van der Waals surface area contributed by atoms with Crippen LogP contribution in [0, 0.1) is 0 Å². The van der Waals surface area contributed by atoms with E-state index < -0.39 is 0 Å². The van der Waals surface area contributed by atoms with Gasteiger partial charge in [-0.25, -0.2) is 24.9 Å². The van der Waals surface area contributed by atoms with Crippen molar-refractivity contribution in [3.05, 3.63) is 237 Å². The van der Waals surface area contributed by atoms with Crippen LogP contribution in [0.1, 0.15) is 0 Å². The van der Waals surface area contributed by atoms with Crippen LogP contribution in [0.15, 0.2) is 241 Å². The van der Waals surface area contributed by atoms with Gasteiger partial charge in [0.25, 0.3) is 0 Å². The van der Waals surface area contributed by atoms with Crippen LogP contribution in [-0.2, 0) is 0 Å². The Hall–Kier alpha value is -9.13. The highest BCUT2D eigenvalue weighted by molar-refractivity contribution is 6.12. The van der Waals surface area contributed by atoms with Gasteiger partial charge in [0, 0.05) is 44.2 Å². The monoisotopic (exact) mass is 857 g/mol. The molecule has 0 aliphatic heterocycles. The zero-order chi connectivity index (χ0) is 44.5. The number of fused-ring (bicyclic) bond motifs is 3.